The number of ether oxygens (including phenoxy) is 1. The Bertz CT molecular complexity index is 671. The Hall–Kier alpha value is -2.31. The van der Waals surface area contributed by atoms with E-state index in [9.17, 15) is 14.4 Å². The van der Waals surface area contributed by atoms with Crippen molar-refractivity contribution in [1.82, 2.24) is 15.2 Å². The van der Waals surface area contributed by atoms with Crippen LogP contribution in [0.4, 0.5) is 4.79 Å². The Labute approximate surface area is 149 Å². The Kier molecular flexibility index (Phi) is 6.40. The monoisotopic (exact) mass is 351 g/mol. The Balaban J connectivity index is 3.07. The van der Waals surface area contributed by atoms with Gasteiger partial charge in [0.1, 0.15) is 5.69 Å². The number of rotatable bonds is 5. The van der Waals surface area contributed by atoms with E-state index in [0.29, 0.717) is 16.8 Å². The number of aryl methyl sites for hydroxylation is 1. The van der Waals surface area contributed by atoms with E-state index in [1.54, 1.807) is 34.7 Å². The van der Waals surface area contributed by atoms with Gasteiger partial charge < -0.3 is 19.9 Å². The molecule has 7 heteroatoms. The molecule has 7 nitrogen and oxygen atoms in total. The highest BCUT2D eigenvalue weighted by Crippen LogP contribution is 2.22. The second-order valence-electron chi connectivity index (χ2n) is 7.18. The van der Waals surface area contributed by atoms with Crippen LogP contribution in [-0.4, -0.2) is 52.9 Å². The zero-order valence-corrected chi connectivity index (χ0v) is 16.4. The molecule has 1 atom stereocenters. The second kappa shape index (κ2) is 7.72. The number of aromatic amines is 1. The molecule has 1 unspecified atom stereocenters. The normalized spacial score (nSPS) is 12.5. The molecule has 0 spiro atoms. The van der Waals surface area contributed by atoms with Crippen LogP contribution >= 0.6 is 0 Å². The molecule has 0 radical (unpaired) electrons. The van der Waals surface area contributed by atoms with Crippen LogP contribution in [0.5, 0.6) is 0 Å². The number of urea groups is 1. The van der Waals surface area contributed by atoms with Gasteiger partial charge in [-0.3, -0.25) is 4.79 Å². The molecule has 1 heterocycles. The lowest BCUT2D eigenvalue weighted by molar-refractivity contribution is 0.0519. The first-order chi connectivity index (χ1) is 11.4. The van der Waals surface area contributed by atoms with Crippen molar-refractivity contribution in [2.75, 3.05) is 13.7 Å². The molecular formula is C18H29N3O4. The van der Waals surface area contributed by atoms with E-state index in [1.807, 2.05) is 20.8 Å². The van der Waals surface area contributed by atoms with Crippen LogP contribution in [0.3, 0.4) is 0 Å². The average Bonchev–Trinajstić information content (AvgIpc) is 2.78. The third kappa shape index (κ3) is 4.84. The zero-order chi connectivity index (χ0) is 19.5. The van der Waals surface area contributed by atoms with E-state index in [1.165, 1.54) is 4.90 Å². The maximum absolute atomic E-state index is 12.9. The van der Waals surface area contributed by atoms with E-state index in [0.717, 1.165) is 0 Å². The lowest BCUT2D eigenvalue weighted by Gasteiger charge is -2.29. The summed E-state index contributed by atoms with van der Waals surface area (Å²) in [5, 5.41) is 2.83. The molecule has 0 saturated carbocycles. The van der Waals surface area contributed by atoms with Crippen LogP contribution < -0.4 is 5.32 Å². The van der Waals surface area contributed by atoms with E-state index in [4.69, 9.17) is 4.74 Å². The number of hydrogen-bond acceptors (Lipinski definition) is 4. The number of nitrogens with zero attached hydrogens (tertiary/aromatic N) is 1. The molecule has 0 aromatic carbocycles. The van der Waals surface area contributed by atoms with Crippen LogP contribution in [0.15, 0.2) is 0 Å². The number of carbonyl (C=O) groups excluding carboxylic acids is 3. The molecule has 0 aliphatic rings. The molecule has 2 amide bonds. The molecule has 0 saturated heterocycles. The maximum atomic E-state index is 12.9. The molecule has 2 N–H and O–H groups in total. The van der Waals surface area contributed by atoms with Crippen molar-refractivity contribution < 1.29 is 19.1 Å². The fraction of sp³-hybridized carbons (Fsp3) is 0.611. The molecule has 25 heavy (non-hydrogen) atoms. The molecule has 0 bridgehead atoms. The summed E-state index contributed by atoms with van der Waals surface area (Å²) >= 11 is 0. The second-order valence-corrected chi connectivity index (χ2v) is 7.18. The summed E-state index contributed by atoms with van der Waals surface area (Å²) in [5.41, 5.74) is 1.42. The number of esters is 1. The third-order valence-corrected chi connectivity index (χ3v) is 3.93. The highest BCUT2D eigenvalue weighted by atomic mass is 16.5. The highest BCUT2D eigenvalue weighted by Gasteiger charge is 2.30. The van der Waals surface area contributed by atoms with Crippen molar-refractivity contribution in [2.24, 2.45) is 0 Å². The van der Waals surface area contributed by atoms with Crippen molar-refractivity contribution in [3.05, 3.63) is 22.5 Å². The summed E-state index contributed by atoms with van der Waals surface area (Å²) < 4.78 is 5.00. The number of hydrogen-bond donors (Lipinski definition) is 2. The van der Waals surface area contributed by atoms with Gasteiger partial charge in [0.15, 0.2) is 5.78 Å². The predicted octanol–water partition coefficient (Wildman–Crippen LogP) is 2.82. The van der Waals surface area contributed by atoms with Crippen LogP contribution in [-0.2, 0) is 4.74 Å². The van der Waals surface area contributed by atoms with Crippen molar-refractivity contribution in [2.45, 2.75) is 60.0 Å². The highest BCUT2D eigenvalue weighted by molar-refractivity contribution is 6.06. The van der Waals surface area contributed by atoms with Crippen molar-refractivity contribution in [3.8, 4) is 0 Å². The topological polar surface area (TPSA) is 91.5 Å². The third-order valence-electron chi connectivity index (χ3n) is 3.93. The molecule has 1 rings (SSSR count). The number of carbonyl (C=O) groups is 3. The fourth-order valence-electron chi connectivity index (χ4n) is 2.50. The summed E-state index contributed by atoms with van der Waals surface area (Å²) in [4.78, 5) is 41.5. The molecule has 0 aliphatic carbocycles. The van der Waals surface area contributed by atoms with Gasteiger partial charge in [0.25, 0.3) is 0 Å². The van der Waals surface area contributed by atoms with Gasteiger partial charge in [-0.15, -0.1) is 0 Å². The lowest BCUT2D eigenvalue weighted by atomic mass is 10.00. The number of H-pyrrole nitrogens is 1. The minimum absolute atomic E-state index is 0.228. The van der Waals surface area contributed by atoms with E-state index < -0.39 is 17.6 Å². The van der Waals surface area contributed by atoms with Gasteiger partial charge in [0.2, 0.25) is 0 Å². The summed E-state index contributed by atoms with van der Waals surface area (Å²) in [6.45, 7) is 12.7. The largest absolute Gasteiger partial charge is 0.461 e. The minimum Gasteiger partial charge on any atom is -0.461 e. The van der Waals surface area contributed by atoms with Gasteiger partial charge in [0, 0.05) is 23.8 Å². The maximum Gasteiger partial charge on any atom is 0.355 e. The lowest BCUT2D eigenvalue weighted by Crippen LogP contribution is -2.51. The molecule has 1 aromatic heterocycles. The quantitative estimate of drug-likeness (QED) is 0.630. The number of aromatic nitrogens is 1. The van der Waals surface area contributed by atoms with Crippen LogP contribution in [0.2, 0.25) is 0 Å². The smallest absolute Gasteiger partial charge is 0.355 e. The molecule has 0 aliphatic heterocycles. The Morgan fingerprint density at radius 1 is 1.24 bits per heavy atom. The predicted molar refractivity (Wildman–Crippen MR) is 96.1 cm³/mol. The molecule has 1 aromatic rings. The van der Waals surface area contributed by atoms with Gasteiger partial charge in [-0.05, 0) is 54.0 Å². The van der Waals surface area contributed by atoms with E-state index in [-0.39, 0.29) is 24.1 Å². The first-order valence-corrected chi connectivity index (χ1v) is 8.36. The van der Waals surface area contributed by atoms with E-state index in [2.05, 4.69) is 10.3 Å². The van der Waals surface area contributed by atoms with Gasteiger partial charge >= 0.3 is 12.0 Å². The number of nitrogens with one attached hydrogen (secondary N) is 2. The van der Waals surface area contributed by atoms with Gasteiger partial charge in [-0.2, -0.15) is 0 Å². The first kappa shape index (κ1) is 20.7. The summed E-state index contributed by atoms with van der Waals surface area (Å²) in [6, 6.07) is -1.00. The standard InChI is InChI=1S/C18H29N3O4/c1-9-25-16(23)14-10(2)13(11(3)19-14)15(22)12(4)21(8)17(24)20-18(5,6)7/h12,19H,9H2,1-8H3,(H,20,24). The SMILES string of the molecule is CCOC(=O)c1[nH]c(C)c(C(=O)C(C)N(C)C(=O)NC(C)(C)C)c1C. The Morgan fingerprint density at radius 2 is 1.80 bits per heavy atom. The number of amides is 2. The van der Waals surface area contributed by atoms with Crippen molar-refractivity contribution >= 4 is 17.8 Å². The molecule has 140 valence electrons. The Morgan fingerprint density at radius 3 is 2.28 bits per heavy atom. The van der Waals surface area contributed by atoms with Crippen molar-refractivity contribution in [1.29, 1.82) is 0 Å². The summed E-state index contributed by atoms with van der Waals surface area (Å²) in [6.07, 6.45) is 0. The van der Waals surface area contributed by atoms with E-state index >= 15 is 0 Å². The van der Waals surface area contributed by atoms with Gasteiger partial charge in [-0.1, -0.05) is 0 Å². The molecule has 0 fully saturated rings. The van der Waals surface area contributed by atoms with Crippen LogP contribution in [0.25, 0.3) is 0 Å². The minimum atomic E-state index is -0.675. The average molecular weight is 351 g/mol. The summed E-state index contributed by atoms with van der Waals surface area (Å²) in [7, 11) is 1.58. The summed E-state index contributed by atoms with van der Waals surface area (Å²) in [5.74, 6) is -0.720. The number of ketones is 1. The van der Waals surface area contributed by atoms with Crippen LogP contribution in [0.1, 0.15) is 66.7 Å². The fourth-order valence-corrected chi connectivity index (χ4v) is 2.50. The number of likely N-dealkylation sites (N-methyl/N-ethyl adjacent to an activating group) is 1. The first-order valence-electron chi connectivity index (χ1n) is 8.36. The van der Waals surface area contributed by atoms with Gasteiger partial charge in [-0.25, -0.2) is 9.59 Å². The zero-order valence-electron chi connectivity index (χ0n) is 16.4. The van der Waals surface area contributed by atoms with Gasteiger partial charge in [0.05, 0.1) is 12.6 Å². The molecular weight excluding hydrogens is 322 g/mol. The van der Waals surface area contributed by atoms with Crippen molar-refractivity contribution in [3.63, 3.8) is 0 Å². The van der Waals surface area contributed by atoms with Crippen LogP contribution in [0, 0.1) is 13.8 Å². The number of Topliss-reactive ketones (excluding diaryl/α,β-unsaturated/α-hetero) is 1.